The Morgan fingerprint density at radius 2 is 2.09 bits per heavy atom. The molecule has 116 valence electrons. The predicted octanol–water partition coefficient (Wildman–Crippen LogP) is 4.33. The van der Waals surface area contributed by atoms with Crippen LogP contribution in [-0.4, -0.2) is 24.5 Å². The third-order valence-electron chi connectivity index (χ3n) is 3.36. The summed E-state index contributed by atoms with van der Waals surface area (Å²) in [5.74, 6) is 0.232. The molecule has 0 bridgehead atoms. The molecule has 0 saturated heterocycles. The molecule has 0 aliphatic carbocycles. The van der Waals surface area contributed by atoms with E-state index in [2.05, 4.69) is 62.0 Å². The highest BCUT2D eigenvalue weighted by atomic mass is 127. The molecule has 1 unspecified atom stereocenters. The molecule has 0 saturated carbocycles. The van der Waals surface area contributed by atoms with Crippen LogP contribution in [0.1, 0.15) is 31.0 Å². The second-order valence-electron chi connectivity index (χ2n) is 5.12. The largest absolute Gasteiger partial charge is 0.226 e. The van der Waals surface area contributed by atoms with Gasteiger partial charge in [0.2, 0.25) is 5.28 Å². The summed E-state index contributed by atoms with van der Waals surface area (Å²) in [7, 11) is 0. The highest BCUT2D eigenvalue weighted by Crippen LogP contribution is 2.36. The number of hydrogen-bond donors (Lipinski definition) is 0. The highest BCUT2D eigenvalue weighted by Gasteiger charge is 2.20. The van der Waals surface area contributed by atoms with E-state index in [0.717, 1.165) is 10.9 Å². The molecule has 0 aromatic carbocycles. The van der Waals surface area contributed by atoms with E-state index in [0.29, 0.717) is 29.1 Å². The third kappa shape index (κ3) is 3.03. The number of pyridine rings is 1. The fraction of sp³-hybridized carbons (Fsp3) is 0.214. The van der Waals surface area contributed by atoms with Gasteiger partial charge < -0.3 is 0 Å². The van der Waals surface area contributed by atoms with Crippen molar-refractivity contribution in [2.45, 2.75) is 19.8 Å². The number of aromatic nitrogens is 5. The minimum Gasteiger partial charge on any atom is -0.226 e. The zero-order valence-corrected chi connectivity index (χ0v) is 16.2. The van der Waals surface area contributed by atoms with Crippen molar-refractivity contribution in [1.82, 2.24) is 24.5 Å². The van der Waals surface area contributed by atoms with E-state index in [1.807, 2.05) is 6.07 Å². The summed E-state index contributed by atoms with van der Waals surface area (Å²) in [5.41, 5.74) is 3.45. The average Bonchev–Trinajstić information content (AvgIpc) is 2.92. The van der Waals surface area contributed by atoms with Crippen molar-refractivity contribution in [3.8, 4) is 17.5 Å². The van der Waals surface area contributed by atoms with Gasteiger partial charge in [0, 0.05) is 17.1 Å². The van der Waals surface area contributed by atoms with Gasteiger partial charge in [0.05, 0.1) is 12.1 Å². The highest BCUT2D eigenvalue weighted by molar-refractivity contribution is 14.2. The lowest BCUT2D eigenvalue weighted by Crippen LogP contribution is -1.99. The standard InChI is InChI=1S/C14H11ClIN6P/c1-7(2)10-6-18-14(15)20-11(10)12-9-4-3-8(5-17)19-13(9)22(21-12)23-16/h3-4,6-7,23H,1-2H3. The van der Waals surface area contributed by atoms with Crippen LogP contribution in [0.4, 0.5) is 0 Å². The molecule has 3 rings (SSSR count). The number of nitrogens with zero attached hydrogens (tertiary/aromatic N) is 6. The summed E-state index contributed by atoms with van der Waals surface area (Å²) in [4.78, 5) is 12.8. The molecule has 3 aromatic heterocycles. The van der Waals surface area contributed by atoms with Crippen molar-refractivity contribution in [3.05, 3.63) is 34.9 Å². The SMILES string of the molecule is CC(C)c1cnc(Cl)nc1-c1nn(PI)c2nc(C#N)ccc12. The molecule has 3 aromatic rings. The molecule has 3 heterocycles. The Bertz CT molecular complexity index is 933. The molecule has 0 aliphatic heterocycles. The van der Waals surface area contributed by atoms with Crippen LogP contribution in [-0.2, 0) is 0 Å². The summed E-state index contributed by atoms with van der Waals surface area (Å²) in [6.07, 6.45) is 2.10. The first-order valence-electron chi connectivity index (χ1n) is 6.74. The lowest BCUT2D eigenvalue weighted by atomic mass is 10.0. The zero-order valence-electron chi connectivity index (χ0n) is 12.2. The quantitative estimate of drug-likeness (QED) is 0.333. The minimum atomic E-state index is 0.186. The molecule has 0 aliphatic rings. The monoisotopic (exact) mass is 456 g/mol. The maximum atomic E-state index is 9.06. The molecular formula is C14H11ClIN6P. The molecule has 0 radical (unpaired) electrons. The van der Waals surface area contributed by atoms with E-state index in [4.69, 9.17) is 16.9 Å². The van der Waals surface area contributed by atoms with Crippen LogP contribution < -0.4 is 0 Å². The molecule has 0 fully saturated rings. The number of fused-ring (bicyclic) bond motifs is 1. The molecular weight excluding hydrogens is 446 g/mol. The van der Waals surface area contributed by atoms with Crippen LogP contribution in [0.25, 0.3) is 22.4 Å². The van der Waals surface area contributed by atoms with Crippen molar-refractivity contribution < 1.29 is 0 Å². The van der Waals surface area contributed by atoms with E-state index in [-0.39, 0.29) is 11.2 Å². The number of halogens is 2. The van der Waals surface area contributed by atoms with Gasteiger partial charge >= 0.3 is 0 Å². The third-order valence-corrected chi connectivity index (χ3v) is 5.38. The van der Waals surface area contributed by atoms with E-state index < -0.39 is 0 Å². The van der Waals surface area contributed by atoms with Crippen LogP contribution in [0.5, 0.6) is 0 Å². The first-order chi connectivity index (χ1) is 11.0. The van der Waals surface area contributed by atoms with Crippen molar-refractivity contribution >= 4 is 51.0 Å². The van der Waals surface area contributed by atoms with Gasteiger partial charge in [0.15, 0.2) is 5.65 Å². The number of nitriles is 1. The lowest BCUT2D eigenvalue weighted by Gasteiger charge is -2.09. The Hall–Kier alpha value is -1.36. The van der Waals surface area contributed by atoms with Crippen LogP contribution in [0.3, 0.4) is 0 Å². The second kappa shape index (κ2) is 6.63. The maximum Gasteiger partial charge on any atom is 0.222 e. The van der Waals surface area contributed by atoms with Gasteiger partial charge in [-0.25, -0.2) is 19.4 Å². The summed E-state index contributed by atoms with van der Waals surface area (Å²) < 4.78 is 1.78. The van der Waals surface area contributed by atoms with Gasteiger partial charge in [-0.3, -0.25) is 0 Å². The fourth-order valence-corrected chi connectivity index (χ4v) is 3.80. The fourth-order valence-electron chi connectivity index (χ4n) is 2.27. The summed E-state index contributed by atoms with van der Waals surface area (Å²) in [6, 6.07) is 5.60. The molecule has 1 atom stereocenters. The smallest absolute Gasteiger partial charge is 0.222 e. The summed E-state index contributed by atoms with van der Waals surface area (Å²) in [6.45, 7) is 4.14. The lowest BCUT2D eigenvalue weighted by molar-refractivity contribution is 0.847. The van der Waals surface area contributed by atoms with Gasteiger partial charge in [-0.15, -0.1) is 0 Å². The van der Waals surface area contributed by atoms with Crippen LogP contribution in [0, 0.1) is 11.3 Å². The van der Waals surface area contributed by atoms with Gasteiger partial charge in [-0.05, 0) is 51.7 Å². The Labute approximate surface area is 152 Å². The van der Waals surface area contributed by atoms with Crippen molar-refractivity contribution in [1.29, 1.82) is 5.26 Å². The average molecular weight is 457 g/mol. The molecule has 0 N–H and O–H groups in total. The molecule has 0 spiro atoms. The van der Waals surface area contributed by atoms with E-state index in [1.54, 1.807) is 16.7 Å². The van der Waals surface area contributed by atoms with E-state index in [9.17, 15) is 0 Å². The van der Waals surface area contributed by atoms with Gasteiger partial charge in [0.1, 0.15) is 17.5 Å². The van der Waals surface area contributed by atoms with Crippen molar-refractivity contribution in [3.63, 3.8) is 0 Å². The van der Waals surface area contributed by atoms with Crippen molar-refractivity contribution in [2.75, 3.05) is 0 Å². The van der Waals surface area contributed by atoms with Gasteiger partial charge in [-0.2, -0.15) is 10.4 Å². The first kappa shape index (κ1) is 16.5. The Balaban J connectivity index is 2.34. The van der Waals surface area contributed by atoms with Crippen LogP contribution >= 0.6 is 40.0 Å². The Morgan fingerprint density at radius 3 is 2.74 bits per heavy atom. The van der Waals surface area contributed by atoms with Gasteiger partial charge in [-0.1, -0.05) is 13.8 Å². The van der Waals surface area contributed by atoms with E-state index in [1.165, 1.54) is 0 Å². The van der Waals surface area contributed by atoms with Gasteiger partial charge in [0.25, 0.3) is 0 Å². The Morgan fingerprint density at radius 1 is 1.30 bits per heavy atom. The first-order valence-corrected chi connectivity index (χ1v) is 11.2. The Kier molecular flexibility index (Phi) is 4.76. The molecule has 9 heteroatoms. The second-order valence-corrected chi connectivity index (χ2v) is 7.50. The normalized spacial score (nSPS) is 11.7. The number of rotatable bonds is 3. The topological polar surface area (TPSA) is 80.3 Å². The minimum absolute atomic E-state index is 0.186. The van der Waals surface area contributed by atoms with Crippen LogP contribution in [0.15, 0.2) is 18.3 Å². The van der Waals surface area contributed by atoms with Crippen LogP contribution in [0.2, 0.25) is 5.28 Å². The molecule has 23 heavy (non-hydrogen) atoms. The predicted molar refractivity (Wildman–Crippen MR) is 100 cm³/mol. The number of hydrogen-bond acceptors (Lipinski definition) is 5. The molecule has 0 amide bonds. The van der Waals surface area contributed by atoms with Crippen molar-refractivity contribution in [2.24, 2.45) is 0 Å². The maximum absolute atomic E-state index is 9.06. The summed E-state index contributed by atoms with van der Waals surface area (Å²) in [5, 5.41) is 14.7. The zero-order chi connectivity index (χ0) is 16.6. The van der Waals surface area contributed by atoms with E-state index >= 15 is 0 Å². The molecule has 6 nitrogen and oxygen atoms in total. The summed E-state index contributed by atoms with van der Waals surface area (Å²) >= 11 is 8.23.